The van der Waals surface area contributed by atoms with Crippen LogP contribution in [0.3, 0.4) is 0 Å². The average Bonchev–Trinajstić information content (AvgIpc) is 2.78. The Hall–Kier alpha value is -0.830. The number of imidazole rings is 1. The first kappa shape index (κ1) is 7.80. The second-order valence-electron chi connectivity index (χ2n) is 3.55. The molecule has 2 N–H and O–H groups in total. The highest BCUT2D eigenvalue weighted by Crippen LogP contribution is 2.18. The van der Waals surface area contributed by atoms with Crippen molar-refractivity contribution in [3.05, 3.63) is 17.2 Å². The van der Waals surface area contributed by atoms with Gasteiger partial charge in [-0.05, 0) is 26.7 Å². The van der Waals surface area contributed by atoms with Crippen LogP contribution in [0.1, 0.15) is 30.1 Å². The summed E-state index contributed by atoms with van der Waals surface area (Å²) in [4.78, 5) is 7.65. The number of rotatable bonds is 3. The number of hydrogen-bond acceptors (Lipinski definition) is 2. The van der Waals surface area contributed by atoms with E-state index in [4.69, 9.17) is 0 Å². The molecule has 0 atom stereocenters. The third-order valence-electron chi connectivity index (χ3n) is 2.31. The zero-order chi connectivity index (χ0) is 8.55. The van der Waals surface area contributed by atoms with Crippen LogP contribution in [-0.2, 0) is 6.54 Å². The Labute approximate surface area is 72.6 Å². The number of aromatic amines is 1. The lowest BCUT2D eigenvalue weighted by Gasteiger charge is -1.97. The minimum Gasteiger partial charge on any atom is -0.345 e. The van der Waals surface area contributed by atoms with Crippen LogP contribution in [-0.4, -0.2) is 16.0 Å². The number of H-pyrrole nitrogens is 1. The Morgan fingerprint density at radius 1 is 1.50 bits per heavy atom. The van der Waals surface area contributed by atoms with Crippen molar-refractivity contribution in [2.45, 2.75) is 39.3 Å². The van der Waals surface area contributed by atoms with E-state index in [1.165, 1.54) is 18.5 Å². The Balaban J connectivity index is 1.93. The van der Waals surface area contributed by atoms with Crippen molar-refractivity contribution in [3.63, 3.8) is 0 Å². The number of aromatic nitrogens is 2. The molecular formula is C9H15N3. The average molecular weight is 165 g/mol. The van der Waals surface area contributed by atoms with E-state index in [-0.39, 0.29) is 0 Å². The molecular weight excluding hydrogens is 150 g/mol. The lowest BCUT2D eigenvalue weighted by molar-refractivity contribution is 0.662. The summed E-state index contributed by atoms with van der Waals surface area (Å²) >= 11 is 0. The van der Waals surface area contributed by atoms with Crippen LogP contribution in [0.25, 0.3) is 0 Å². The minimum atomic E-state index is 0.760. The van der Waals surface area contributed by atoms with Gasteiger partial charge in [0.2, 0.25) is 0 Å². The molecule has 0 aromatic carbocycles. The Bertz CT molecular complexity index is 254. The van der Waals surface area contributed by atoms with Gasteiger partial charge in [-0.3, -0.25) is 0 Å². The molecule has 12 heavy (non-hydrogen) atoms. The van der Waals surface area contributed by atoms with Crippen molar-refractivity contribution in [2.24, 2.45) is 0 Å². The number of nitrogens with zero attached hydrogens (tertiary/aromatic N) is 1. The summed E-state index contributed by atoms with van der Waals surface area (Å²) in [6.45, 7) is 4.98. The highest BCUT2D eigenvalue weighted by atomic mass is 15.0. The van der Waals surface area contributed by atoms with Crippen molar-refractivity contribution in [1.29, 1.82) is 0 Å². The molecule has 0 radical (unpaired) electrons. The monoisotopic (exact) mass is 165 g/mol. The normalized spacial score (nSPS) is 16.8. The van der Waals surface area contributed by atoms with Crippen LogP contribution in [0.4, 0.5) is 0 Å². The quantitative estimate of drug-likeness (QED) is 0.708. The van der Waals surface area contributed by atoms with Gasteiger partial charge in [-0.25, -0.2) is 4.98 Å². The van der Waals surface area contributed by atoms with E-state index in [1.54, 1.807) is 0 Å². The summed E-state index contributed by atoms with van der Waals surface area (Å²) in [6.07, 6.45) is 2.66. The first-order chi connectivity index (χ1) is 5.75. The molecule has 0 saturated heterocycles. The summed E-state index contributed by atoms with van der Waals surface area (Å²) < 4.78 is 0. The largest absolute Gasteiger partial charge is 0.345 e. The molecule has 1 saturated carbocycles. The third-order valence-corrected chi connectivity index (χ3v) is 2.31. The standard InChI is InChI=1S/C9H15N3/c1-6-7(2)12-9(11-6)5-10-8-3-4-8/h8,10H,3-5H2,1-2H3,(H,11,12). The van der Waals surface area contributed by atoms with E-state index in [0.29, 0.717) is 0 Å². The van der Waals surface area contributed by atoms with Gasteiger partial charge in [0.1, 0.15) is 5.82 Å². The molecule has 0 aliphatic heterocycles. The summed E-state index contributed by atoms with van der Waals surface area (Å²) in [7, 11) is 0. The highest BCUT2D eigenvalue weighted by Gasteiger charge is 2.20. The maximum absolute atomic E-state index is 4.39. The minimum absolute atomic E-state index is 0.760. The van der Waals surface area contributed by atoms with Crippen molar-refractivity contribution < 1.29 is 0 Å². The smallest absolute Gasteiger partial charge is 0.120 e. The first-order valence-electron chi connectivity index (χ1n) is 4.51. The molecule has 0 amide bonds. The summed E-state index contributed by atoms with van der Waals surface area (Å²) in [5, 5.41) is 3.42. The van der Waals surface area contributed by atoms with Crippen molar-refractivity contribution >= 4 is 0 Å². The molecule has 1 aliphatic carbocycles. The Morgan fingerprint density at radius 3 is 2.75 bits per heavy atom. The fourth-order valence-corrected chi connectivity index (χ4v) is 1.23. The van der Waals surface area contributed by atoms with Gasteiger partial charge in [0.15, 0.2) is 0 Å². The van der Waals surface area contributed by atoms with Gasteiger partial charge in [-0.2, -0.15) is 0 Å². The van der Waals surface area contributed by atoms with Crippen LogP contribution >= 0.6 is 0 Å². The fraction of sp³-hybridized carbons (Fsp3) is 0.667. The van der Waals surface area contributed by atoms with Crippen molar-refractivity contribution in [1.82, 2.24) is 15.3 Å². The van der Waals surface area contributed by atoms with Crippen LogP contribution in [0.5, 0.6) is 0 Å². The third kappa shape index (κ3) is 1.67. The molecule has 1 aromatic heterocycles. The maximum Gasteiger partial charge on any atom is 0.120 e. The molecule has 1 fully saturated rings. The van der Waals surface area contributed by atoms with Gasteiger partial charge >= 0.3 is 0 Å². The molecule has 1 heterocycles. The van der Waals surface area contributed by atoms with Crippen LogP contribution in [0, 0.1) is 13.8 Å². The van der Waals surface area contributed by atoms with E-state index >= 15 is 0 Å². The lowest BCUT2D eigenvalue weighted by Crippen LogP contribution is -2.16. The second kappa shape index (κ2) is 2.90. The van der Waals surface area contributed by atoms with Gasteiger partial charge in [-0.1, -0.05) is 0 Å². The van der Waals surface area contributed by atoms with E-state index in [1.807, 2.05) is 6.92 Å². The molecule has 0 spiro atoms. The number of hydrogen-bond donors (Lipinski definition) is 2. The second-order valence-corrected chi connectivity index (χ2v) is 3.55. The van der Waals surface area contributed by atoms with Crippen LogP contribution in [0.15, 0.2) is 0 Å². The highest BCUT2D eigenvalue weighted by molar-refractivity contribution is 5.10. The van der Waals surface area contributed by atoms with Gasteiger partial charge in [0, 0.05) is 11.7 Å². The Morgan fingerprint density at radius 2 is 2.25 bits per heavy atom. The van der Waals surface area contributed by atoms with Crippen molar-refractivity contribution in [3.8, 4) is 0 Å². The van der Waals surface area contributed by atoms with Gasteiger partial charge < -0.3 is 10.3 Å². The predicted molar refractivity (Wildman–Crippen MR) is 47.9 cm³/mol. The van der Waals surface area contributed by atoms with E-state index in [9.17, 15) is 0 Å². The van der Waals surface area contributed by atoms with Crippen LogP contribution in [0.2, 0.25) is 0 Å². The van der Waals surface area contributed by atoms with E-state index in [0.717, 1.165) is 24.1 Å². The lowest BCUT2D eigenvalue weighted by atomic mass is 10.4. The molecule has 1 aromatic rings. The molecule has 2 rings (SSSR count). The van der Waals surface area contributed by atoms with E-state index in [2.05, 4.69) is 22.2 Å². The summed E-state index contributed by atoms with van der Waals surface area (Å²) in [5.74, 6) is 1.07. The summed E-state index contributed by atoms with van der Waals surface area (Å²) in [5.41, 5.74) is 2.30. The molecule has 3 nitrogen and oxygen atoms in total. The zero-order valence-corrected chi connectivity index (χ0v) is 7.65. The zero-order valence-electron chi connectivity index (χ0n) is 7.65. The molecule has 66 valence electrons. The van der Waals surface area contributed by atoms with Gasteiger partial charge in [-0.15, -0.1) is 0 Å². The maximum atomic E-state index is 4.39. The van der Waals surface area contributed by atoms with Crippen molar-refractivity contribution in [2.75, 3.05) is 0 Å². The summed E-state index contributed by atoms with van der Waals surface area (Å²) in [6, 6.07) is 0.760. The SMILES string of the molecule is Cc1nc(CNC2CC2)[nH]c1C. The molecule has 1 aliphatic rings. The van der Waals surface area contributed by atoms with Gasteiger partial charge in [0.05, 0.1) is 12.2 Å². The fourth-order valence-electron chi connectivity index (χ4n) is 1.23. The number of nitrogens with one attached hydrogen (secondary N) is 2. The first-order valence-corrected chi connectivity index (χ1v) is 4.51. The van der Waals surface area contributed by atoms with Crippen LogP contribution < -0.4 is 5.32 Å². The van der Waals surface area contributed by atoms with E-state index < -0.39 is 0 Å². The molecule has 0 unspecified atom stereocenters. The molecule has 3 heteroatoms. The Kier molecular flexibility index (Phi) is 1.89. The van der Waals surface area contributed by atoms with Gasteiger partial charge in [0.25, 0.3) is 0 Å². The number of aryl methyl sites for hydroxylation is 2. The predicted octanol–water partition coefficient (Wildman–Crippen LogP) is 1.28. The molecule has 0 bridgehead atoms. The topological polar surface area (TPSA) is 40.7 Å².